The van der Waals surface area contributed by atoms with Crippen LogP contribution in [0.1, 0.15) is 44.5 Å². The highest BCUT2D eigenvalue weighted by Gasteiger charge is 2.23. The average molecular weight is 293 g/mol. The molecule has 1 aromatic rings. The largest absolute Gasteiger partial charge is 0.491 e. The van der Waals surface area contributed by atoms with Crippen molar-refractivity contribution in [3.63, 3.8) is 0 Å². The zero-order valence-electron chi connectivity index (χ0n) is 12.9. The molecule has 5 heteroatoms. The van der Waals surface area contributed by atoms with Crippen LogP contribution in [0.3, 0.4) is 0 Å². The number of hydrogen-bond acceptors (Lipinski definition) is 3. The molecule has 1 unspecified atom stereocenters. The van der Waals surface area contributed by atoms with Gasteiger partial charge in [0.25, 0.3) is 5.91 Å². The maximum Gasteiger partial charge on any atom is 0.326 e. The molecule has 0 radical (unpaired) electrons. The minimum Gasteiger partial charge on any atom is -0.491 e. The topological polar surface area (TPSA) is 75.6 Å². The summed E-state index contributed by atoms with van der Waals surface area (Å²) in [6.45, 7) is 7.51. The number of aliphatic carboxylic acids is 1. The molecule has 0 saturated heterocycles. The summed E-state index contributed by atoms with van der Waals surface area (Å²) in [6.07, 6.45) is 1.01. The standard InChI is InChI=1S/C16H23NO4/c1-5-11(4)21-13-8-6-12(7-9-13)15(18)17-14(10(2)3)16(19)20/h6-11,14H,5H2,1-4H3,(H,17,18)(H,19,20)/t11?,14-/m0/s1. The first-order valence-electron chi connectivity index (χ1n) is 7.15. The highest BCUT2D eigenvalue weighted by Crippen LogP contribution is 2.15. The zero-order valence-corrected chi connectivity index (χ0v) is 12.9. The predicted octanol–water partition coefficient (Wildman–Crippen LogP) is 2.70. The highest BCUT2D eigenvalue weighted by atomic mass is 16.5. The van der Waals surface area contributed by atoms with Gasteiger partial charge in [0, 0.05) is 5.56 Å². The van der Waals surface area contributed by atoms with Crippen molar-refractivity contribution in [1.29, 1.82) is 0 Å². The van der Waals surface area contributed by atoms with Crippen molar-refractivity contribution in [2.75, 3.05) is 0 Å². The number of hydrogen-bond donors (Lipinski definition) is 2. The maximum atomic E-state index is 12.0. The van der Waals surface area contributed by atoms with Crippen LogP contribution >= 0.6 is 0 Å². The van der Waals surface area contributed by atoms with Crippen LogP contribution in [-0.2, 0) is 4.79 Å². The normalized spacial score (nSPS) is 13.6. The lowest BCUT2D eigenvalue weighted by molar-refractivity contribution is -0.140. The number of carboxylic acid groups (broad SMARTS) is 1. The van der Waals surface area contributed by atoms with E-state index in [4.69, 9.17) is 9.84 Å². The molecule has 1 rings (SSSR count). The first-order valence-corrected chi connectivity index (χ1v) is 7.15. The summed E-state index contributed by atoms with van der Waals surface area (Å²) in [5, 5.41) is 11.6. The molecule has 0 saturated carbocycles. The van der Waals surface area contributed by atoms with Crippen LogP contribution in [0, 0.1) is 5.92 Å². The molecule has 5 nitrogen and oxygen atoms in total. The Bertz CT molecular complexity index is 482. The zero-order chi connectivity index (χ0) is 16.0. The third-order valence-electron chi connectivity index (χ3n) is 3.25. The van der Waals surface area contributed by atoms with Gasteiger partial charge < -0.3 is 15.2 Å². The number of carbonyl (C=O) groups excluding carboxylic acids is 1. The molecule has 0 aromatic heterocycles. The van der Waals surface area contributed by atoms with Crippen molar-refractivity contribution < 1.29 is 19.4 Å². The van der Waals surface area contributed by atoms with Crippen molar-refractivity contribution in [3.05, 3.63) is 29.8 Å². The van der Waals surface area contributed by atoms with Gasteiger partial charge in [0.2, 0.25) is 0 Å². The Balaban J connectivity index is 2.73. The summed E-state index contributed by atoms with van der Waals surface area (Å²) in [4.78, 5) is 23.1. The van der Waals surface area contributed by atoms with E-state index in [9.17, 15) is 9.59 Å². The van der Waals surface area contributed by atoms with Gasteiger partial charge in [0.1, 0.15) is 11.8 Å². The summed E-state index contributed by atoms with van der Waals surface area (Å²) < 4.78 is 5.63. The molecule has 0 fully saturated rings. The number of benzene rings is 1. The van der Waals surface area contributed by atoms with Crippen LogP contribution in [-0.4, -0.2) is 29.1 Å². The maximum absolute atomic E-state index is 12.0. The molecule has 2 atom stereocenters. The molecular weight excluding hydrogens is 270 g/mol. The molecular formula is C16H23NO4. The molecule has 1 aromatic carbocycles. The van der Waals surface area contributed by atoms with Gasteiger partial charge in [0.05, 0.1) is 6.10 Å². The minimum absolute atomic E-state index is 0.113. The van der Waals surface area contributed by atoms with E-state index in [-0.39, 0.29) is 12.0 Å². The number of rotatable bonds is 7. The van der Waals surface area contributed by atoms with Crippen LogP contribution in [0.15, 0.2) is 24.3 Å². The molecule has 116 valence electrons. The molecule has 2 N–H and O–H groups in total. The van der Waals surface area contributed by atoms with E-state index in [1.807, 2.05) is 13.8 Å². The Morgan fingerprint density at radius 2 is 1.76 bits per heavy atom. The monoisotopic (exact) mass is 293 g/mol. The Morgan fingerprint density at radius 1 is 1.19 bits per heavy atom. The van der Waals surface area contributed by atoms with Crippen LogP contribution < -0.4 is 10.1 Å². The van der Waals surface area contributed by atoms with Gasteiger partial charge in [-0.2, -0.15) is 0 Å². The predicted molar refractivity (Wildman–Crippen MR) is 80.6 cm³/mol. The van der Waals surface area contributed by atoms with E-state index in [2.05, 4.69) is 5.32 Å². The van der Waals surface area contributed by atoms with Crippen LogP contribution in [0.25, 0.3) is 0 Å². The fourth-order valence-electron chi connectivity index (χ4n) is 1.74. The quantitative estimate of drug-likeness (QED) is 0.810. The summed E-state index contributed by atoms with van der Waals surface area (Å²) in [7, 11) is 0. The molecule has 0 spiro atoms. The number of carbonyl (C=O) groups is 2. The van der Waals surface area contributed by atoms with Crippen LogP contribution in [0.5, 0.6) is 5.75 Å². The lowest BCUT2D eigenvalue weighted by atomic mass is 10.0. The summed E-state index contributed by atoms with van der Waals surface area (Å²) in [6, 6.07) is 5.80. The van der Waals surface area contributed by atoms with Gasteiger partial charge in [0.15, 0.2) is 0 Å². The van der Waals surface area contributed by atoms with Gasteiger partial charge in [-0.15, -0.1) is 0 Å². The van der Waals surface area contributed by atoms with E-state index < -0.39 is 17.9 Å². The molecule has 0 aliphatic rings. The fourth-order valence-corrected chi connectivity index (χ4v) is 1.74. The van der Waals surface area contributed by atoms with E-state index in [0.717, 1.165) is 6.42 Å². The first kappa shape index (κ1) is 17.0. The Labute approximate surface area is 125 Å². The third-order valence-corrected chi connectivity index (χ3v) is 3.25. The Hall–Kier alpha value is -2.04. The number of nitrogens with one attached hydrogen (secondary N) is 1. The lowest BCUT2D eigenvalue weighted by Crippen LogP contribution is -2.44. The van der Waals surface area contributed by atoms with Crippen molar-refractivity contribution in [2.45, 2.75) is 46.3 Å². The van der Waals surface area contributed by atoms with Gasteiger partial charge >= 0.3 is 5.97 Å². The smallest absolute Gasteiger partial charge is 0.326 e. The number of carboxylic acids is 1. The van der Waals surface area contributed by atoms with Crippen molar-refractivity contribution in [1.82, 2.24) is 5.32 Å². The fraction of sp³-hybridized carbons (Fsp3) is 0.500. The summed E-state index contributed by atoms with van der Waals surface area (Å²) in [5.74, 6) is -0.916. The van der Waals surface area contributed by atoms with Crippen molar-refractivity contribution >= 4 is 11.9 Å². The summed E-state index contributed by atoms with van der Waals surface area (Å²) >= 11 is 0. The molecule has 0 aliphatic heterocycles. The van der Waals surface area contributed by atoms with E-state index in [1.165, 1.54) is 0 Å². The second-order valence-electron chi connectivity index (χ2n) is 5.39. The van der Waals surface area contributed by atoms with E-state index >= 15 is 0 Å². The number of amides is 1. The van der Waals surface area contributed by atoms with Crippen LogP contribution in [0.2, 0.25) is 0 Å². The Morgan fingerprint density at radius 3 is 2.19 bits per heavy atom. The number of ether oxygens (including phenoxy) is 1. The van der Waals surface area contributed by atoms with Gasteiger partial charge in [-0.05, 0) is 43.5 Å². The van der Waals surface area contributed by atoms with Crippen molar-refractivity contribution in [2.24, 2.45) is 5.92 Å². The minimum atomic E-state index is -1.03. The molecule has 0 bridgehead atoms. The second-order valence-corrected chi connectivity index (χ2v) is 5.39. The third kappa shape index (κ3) is 5.10. The van der Waals surface area contributed by atoms with Gasteiger partial charge in [-0.3, -0.25) is 4.79 Å². The second kappa shape index (κ2) is 7.67. The van der Waals surface area contributed by atoms with E-state index in [0.29, 0.717) is 11.3 Å². The van der Waals surface area contributed by atoms with Gasteiger partial charge in [-0.1, -0.05) is 20.8 Å². The summed E-state index contributed by atoms with van der Waals surface area (Å²) in [5.41, 5.74) is 0.415. The Kier molecular flexibility index (Phi) is 6.21. The molecule has 1 amide bonds. The average Bonchev–Trinajstić information content (AvgIpc) is 2.44. The molecule has 0 heterocycles. The van der Waals surface area contributed by atoms with Crippen LogP contribution in [0.4, 0.5) is 0 Å². The molecule has 0 aliphatic carbocycles. The SMILES string of the molecule is CCC(C)Oc1ccc(C(=O)N[C@H](C(=O)O)C(C)C)cc1. The molecule has 21 heavy (non-hydrogen) atoms. The van der Waals surface area contributed by atoms with Crippen molar-refractivity contribution in [3.8, 4) is 5.75 Å². The lowest BCUT2D eigenvalue weighted by Gasteiger charge is -2.18. The van der Waals surface area contributed by atoms with Gasteiger partial charge in [-0.25, -0.2) is 4.79 Å². The van der Waals surface area contributed by atoms with E-state index in [1.54, 1.807) is 38.1 Å². The highest BCUT2D eigenvalue weighted by molar-refractivity contribution is 5.96. The first-order chi connectivity index (χ1) is 9.85.